The Hall–Kier alpha value is -1.22. The summed E-state index contributed by atoms with van der Waals surface area (Å²) in [6.45, 7) is 0. The number of benzene rings is 1. The third-order valence-corrected chi connectivity index (χ3v) is 2.68. The van der Waals surface area contributed by atoms with Gasteiger partial charge in [-0.15, -0.1) is 0 Å². The van der Waals surface area contributed by atoms with Crippen molar-refractivity contribution in [3.05, 3.63) is 23.8 Å². The van der Waals surface area contributed by atoms with E-state index < -0.39 is 0 Å². The van der Waals surface area contributed by atoms with Gasteiger partial charge in [0.1, 0.15) is 11.5 Å². The lowest BCUT2D eigenvalue weighted by molar-refractivity contribution is 0.391. The second kappa shape index (κ2) is 3.50. The van der Waals surface area contributed by atoms with Gasteiger partial charge in [-0.1, -0.05) is 6.07 Å². The lowest BCUT2D eigenvalue weighted by Gasteiger charge is -2.09. The zero-order valence-corrected chi connectivity index (χ0v) is 8.49. The SMILES string of the molecule is COc1ccc([C@H]2C[C@H]2N)c(OC)c1. The topological polar surface area (TPSA) is 44.5 Å². The summed E-state index contributed by atoms with van der Waals surface area (Å²) in [4.78, 5) is 0. The molecule has 1 fully saturated rings. The van der Waals surface area contributed by atoms with Crippen molar-refractivity contribution in [2.75, 3.05) is 14.2 Å². The maximum atomic E-state index is 5.81. The summed E-state index contributed by atoms with van der Waals surface area (Å²) in [5, 5.41) is 0. The van der Waals surface area contributed by atoms with Crippen LogP contribution in [0.3, 0.4) is 0 Å². The van der Waals surface area contributed by atoms with E-state index in [1.165, 1.54) is 5.56 Å². The predicted molar refractivity (Wildman–Crippen MR) is 54.9 cm³/mol. The zero-order valence-electron chi connectivity index (χ0n) is 8.49. The van der Waals surface area contributed by atoms with Gasteiger partial charge in [0.05, 0.1) is 14.2 Å². The minimum Gasteiger partial charge on any atom is -0.497 e. The van der Waals surface area contributed by atoms with Crippen molar-refractivity contribution in [3.63, 3.8) is 0 Å². The Balaban J connectivity index is 2.30. The minimum absolute atomic E-state index is 0.303. The van der Waals surface area contributed by atoms with Crippen LogP contribution in [0.1, 0.15) is 17.9 Å². The van der Waals surface area contributed by atoms with Crippen molar-refractivity contribution >= 4 is 0 Å². The Morgan fingerprint density at radius 1 is 1.29 bits per heavy atom. The molecule has 1 aliphatic carbocycles. The fraction of sp³-hybridized carbons (Fsp3) is 0.455. The molecule has 0 spiro atoms. The molecule has 1 aromatic rings. The van der Waals surface area contributed by atoms with E-state index in [0.29, 0.717) is 12.0 Å². The van der Waals surface area contributed by atoms with Gasteiger partial charge in [0.2, 0.25) is 0 Å². The molecule has 0 amide bonds. The number of nitrogens with two attached hydrogens (primary N) is 1. The molecule has 0 heterocycles. The smallest absolute Gasteiger partial charge is 0.126 e. The maximum absolute atomic E-state index is 5.81. The number of ether oxygens (including phenoxy) is 2. The normalized spacial score (nSPS) is 24.5. The highest BCUT2D eigenvalue weighted by atomic mass is 16.5. The summed E-state index contributed by atoms with van der Waals surface area (Å²) < 4.78 is 10.4. The van der Waals surface area contributed by atoms with Crippen LogP contribution in [0, 0.1) is 0 Å². The minimum atomic E-state index is 0.303. The Bertz CT molecular complexity index is 338. The summed E-state index contributed by atoms with van der Waals surface area (Å²) in [5.74, 6) is 2.16. The van der Waals surface area contributed by atoms with Gasteiger partial charge in [0.25, 0.3) is 0 Å². The fourth-order valence-corrected chi connectivity index (χ4v) is 1.70. The third-order valence-electron chi connectivity index (χ3n) is 2.68. The van der Waals surface area contributed by atoms with Crippen LogP contribution >= 0.6 is 0 Å². The van der Waals surface area contributed by atoms with E-state index in [0.717, 1.165) is 17.9 Å². The molecule has 14 heavy (non-hydrogen) atoms. The van der Waals surface area contributed by atoms with Gasteiger partial charge < -0.3 is 15.2 Å². The molecule has 0 aromatic heterocycles. The molecule has 76 valence electrons. The molecule has 0 bridgehead atoms. The number of methoxy groups -OCH3 is 2. The Morgan fingerprint density at radius 3 is 2.50 bits per heavy atom. The van der Waals surface area contributed by atoms with E-state index in [-0.39, 0.29) is 0 Å². The van der Waals surface area contributed by atoms with Crippen LogP contribution in [0.4, 0.5) is 0 Å². The summed E-state index contributed by atoms with van der Waals surface area (Å²) >= 11 is 0. The predicted octanol–water partition coefficient (Wildman–Crippen LogP) is 1.52. The second-order valence-corrected chi connectivity index (χ2v) is 3.61. The molecule has 0 aliphatic heterocycles. The van der Waals surface area contributed by atoms with Crippen LogP contribution in [-0.2, 0) is 0 Å². The molecule has 2 rings (SSSR count). The molecule has 2 atom stereocenters. The van der Waals surface area contributed by atoms with Crippen LogP contribution in [0.15, 0.2) is 18.2 Å². The molecule has 0 unspecified atom stereocenters. The molecular formula is C11H15NO2. The molecule has 3 nitrogen and oxygen atoms in total. The average molecular weight is 193 g/mol. The first-order valence-corrected chi connectivity index (χ1v) is 4.73. The van der Waals surface area contributed by atoms with E-state index in [1.54, 1.807) is 14.2 Å². The van der Waals surface area contributed by atoms with Gasteiger partial charge in [-0.25, -0.2) is 0 Å². The summed E-state index contributed by atoms with van der Waals surface area (Å²) in [6.07, 6.45) is 1.06. The average Bonchev–Trinajstić information content (AvgIpc) is 2.94. The fourth-order valence-electron chi connectivity index (χ4n) is 1.70. The lowest BCUT2D eigenvalue weighted by atomic mass is 10.1. The monoisotopic (exact) mass is 193 g/mol. The van der Waals surface area contributed by atoms with E-state index in [2.05, 4.69) is 0 Å². The van der Waals surface area contributed by atoms with Gasteiger partial charge in [0.15, 0.2) is 0 Å². The molecule has 2 N–H and O–H groups in total. The van der Waals surface area contributed by atoms with Gasteiger partial charge in [0, 0.05) is 18.0 Å². The highest BCUT2D eigenvalue weighted by Crippen LogP contribution is 2.44. The van der Waals surface area contributed by atoms with Crippen LogP contribution in [0.5, 0.6) is 11.5 Å². The number of rotatable bonds is 3. The highest BCUT2D eigenvalue weighted by molar-refractivity contribution is 5.45. The molecule has 1 aromatic carbocycles. The van der Waals surface area contributed by atoms with Gasteiger partial charge in [-0.3, -0.25) is 0 Å². The van der Waals surface area contributed by atoms with E-state index in [4.69, 9.17) is 15.2 Å². The summed E-state index contributed by atoms with van der Waals surface area (Å²) in [6, 6.07) is 6.19. The maximum Gasteiger partial charge on any atom is 0.126 e. The third kappa shape index (κ3) is 1.55. The van der Waals surface area contributed by atoms with Crippen LogP contribution in [-0.4, -0.2) is 20.3 Å². The first-order chi connectivity index (χ1) is 6.76. The van der Waals surface area contributed by atoms with Crippen molar-refractivity contribution < 1.29 is 9.47 Å². The van der Waals surface area contributed by atoms with Gasteiger partial charge >= 0.3 is 0 Å². The number of hydrogen-bond donors (Lipinski definition) is 1. The van der Waals surface area contributed by atoms with Crippen LogP contribution in [0.2, 0.25) is 0 Å². The first-order valence-electron chi connectivity index (χ1n) is 4.73. The Morgan fingerprint density at radius 2 is 2.00 bits per heavy atom. The van der Waals surface area contributed by atoms with Crippen LogP contribution in [0.25, 0.3) is 0 Å². The number of hydrogen-bond acceptors (Lipinski definition) is 3. The lowest BCUT2D eigenvalue weighted by Crippen LogP contribution is -2.02. The van der Waals surface area contributed by atoms with Crippen LogP contribution < -0.4 is 15.2 Å². The Labute approximate surface area is 83.8 Å². The van der Waals surface area contributed by atoms with Crippen molar-refractivity contribution in [2.45, 2.75) is 18.4 Å². The standard InChI is InChI=1S/C11H15NO2/c1-13-7-3-4-8(9-6-10(9)12)11(5-7)14-2/h3-5,9-10H,6,12H2,1-2H3/t9-,10-/m1/s1. The van der Waals surface area contributed by atoms with E-state index >= 15 is 0 Å². The Kier molecular flexibility index (Phi) is 2.33. The van der Waals surface area contributed by atoms with Crippen molar-refractivity contribution in [2.24, 2.45) is 5.73 Å². The van der Waals surface area contributed by atoms with E-state index in [9.17, 15) is 0 Å². The highest BCUT2D eigenvalue weighted by Gasteiger charge is 2.36. The summed E-state index contributed by atoms with van der Waals surface area (Å²) in [5.41, 5.74) is 7.00. The van der Waals surface area contributed by atoms with Crippen molar-refractivity contribution in [1.29, 1.82) is 0 Å². The van der Waals surface area contributed by atoms with Gasteiger partial charge in [-0.2, -0.15) is 0 Å². The molecule has 3 heteroatoms. The molecule has 1 aliphatic rings. The molecule has 0 saturated heterocycles. The second-order valence-electron chi connectivity index (χ2n) is 3.61. The molecule has 0 radical (unpaired) electrons. The molecule has 1 saturated carbocycles. The summed E-state index contributed by atoms with van der Waals surface area (Å²) in [7, 11) is 3.32. The van der Waals surface area contributed by atoms with E-state index in [1.807, 2.05) is 18.2 Å². The van der Waals surface area contributed by atoms with Crippen molar-refractivity contribution in [1.82, 2.24) is 0 Å². The quantitative estimate of drug-likeness (QED) is 0.791. The largest absolute Gasteiger partial charge is 0.497 e. The van der Waals surface area contributed by atoms with Crippen molar-refractivity contribution in [3.8, 4) is 11.5 Å². The zero-order chi connectivity index (χ0) is 10.1. The molecular weight excluding hydrogens is 178 g/mol. The van der Waals surface area contributed by atoms with Gasteiger partial charge in [-0.05, 0) is 18.1 Å². The first kappa shape index (κ1) is 9.34.